The van der Waals surface area contributed by atoms with Gasteiger partial charge < -0.3 is 15.0 Å². The first-order valence-corrected chi connectivity index (χ1v) is 7.17. The van der Waals surface area contributed by atoms with Gasteiger partial charge in [0.05, 0.1) is 6.10 Å². The Morgan fingerprint density at radius 3 is 2.68 bits per heavy atom. The molecular formula is C16H26N2O. The minimum Gasteiger partial charge on any atom is -0.382 e. The number of hydrogen-bond donors (Lipinski definition) is 1. The monoisotopic (exact) mass is 262 g/mol. The van der Waals surface area contributed by atoms with Crippen LogP contribution in [0.15, 0.2) is 18.2 Å². The van der Waals surface area contributed by atoms with Crippen LogP contribution in [0.2, 0.25) is 0 Å². The highest BCUT2D eigenvalue weighted by Crippen LogP contribution is 2.27. The molecule has 3 heteroatoms. The van der Waals surface area contributed by atoms with Crippen LogP contribution in [0, 0.1) is 6.92 Å². The smallest absolute Gasteiger partial charge is 0.0590 e. The van der Waals surface area contributed by atoms with Crippen LogP contribution in [0.3, 0.4) is 0 Å². The molecule has 0 bridgehead atoms. The maximum atomic E-state index is 5.49. The van der Waals surface area contributed by atoms with E-state index in [1.54, 1.807) is 0 Å². The van der Waals surface area contributed by atoms with Crippen molar-refractivity contribution in [2.45, 2.75) is 44.8 Å². The molecule has 19 heavy (non-hydrogen) atoms. The Morgan fingerprint density at radius 2 is 2.05 bits per heavy atom. The van der Waals surface area contributed by atoms with Crippen molar-refractivity contribution in [2.24, 2.45) is 0 Å². The fourth-order valence-electron chi connectivity index (χ4n) is 2.80. The van der Waals surface area contributed by atoms with Gasteiger partial charge in [0.15, 0.2) is 0 Å². The molecule has 1 aromatic carbocycles. The second-order valence-corrected chi connectivity index (χ2v) is 5.76. The predicted octanol–water partition coefficient (Wildman–Crippen LogP) is 3.43. The maximum absolute atomic E-state index is 5.49. The zero-order chi connectivity index (χ0) is 13.8. The summed E-state index contributed by atoms with van der Waals surface area (Å²) in [6.07, 6.45) is 5.24. The first-order valence-electron chi connectivity index (χ1n) is 7.17. The molecule has 1 aliphatic rings. The van der Waals surface area contributed by atoms with E-state index in [0.717, 1.165) is 6.42 Å². The van der Waals surface area contributed by atoms with E-state index in [9.17, 15) is 0 Å². The Kier molecular flexibility index (Phi) is 4.70. The standard InChI is InChI=1S/C16H26N2O/c1-12-10-14(18(2)3)8-9-16(12)17-13-6-5-7-15(11-13)19-4/h8-10,13,15,17H,5-7,11H2,1-4H3. The molecule has 2 unspecified atom stereocenters. The third-order valence-electron chi connectivity index (χ3n) is 4.05. The molecule has 0 amide bonds. The number of nitrogens with one attached hydrogen (secondary N) is 1. The molecule has 106 valence electrons. The van der Waals surface area contributed by atoms with Crippen molar-refractivity contribution in [1.29, 1.82) is 0 Å². The third-order valence-corrected chi connectivity index (χ3v) is 4.05. The number of benzene rings is 1. The summed E-state index contributed by atoms with van der Waals surface area (Å²) in [7, 11) is 5.97. The van der Waals surface area contributed by atoms with Gasteiger partial charge in [0, 0.05) is 38.6 Å². The Labute approximate surface area is 116 Å². The molecule has 2 atom stereocenters. The molecule has 1 saturated carbocycles. The number of aryl methyl sites for hydroxylation is 1. The maximum Gasteiger partial charge on any atom is 0.0590 e. The van der Waals surface area contributed by atoms with E-state index in [2.05, 4.69) is 49.4 Å². The Balaban J connectivity index is 2.02. The molecule has 2 rings (SSSR count). The van der Waals surface area contributed by atoms with E-state index >= 15 is 0 Å². The average Bonchev–Trinajstić information content (AvgIpc) is 2.41. The second kappa shape index (κ2) is 6.29. The molecule has 0 saturated heterocycles. The van der Waals surface area contributed by atoms with Crippen molar-refractivity contribution in [3.8, 4) is 0 Å². The van der Waals surface area contributed by atoms with E-state index in [-0.39, 0.29) is 0 Å². The van der Waals surface area contributed by atoms with E-state index in [4.69, 9.17) is 4.74 Å². The van der Waals surface area contributed by atoms with Crippen LogP contribution in [0.4, 0.5) is 11.4 Å². The van der Waals surface area contributed by atoms with Gasteiger partial charge in [-0.3, -0.25) is 0 Å². The van der Waals surface area contributed by atoms with Crippen molar-refractivity contribution in [2.75, 3.05) is 31.4 Å². The highest BCUT2D eigenvalue weighted by molar-refractivity contribution is 5.60. The Hall–Kier alpha value is -1.22. The number of methoxy groups -OCH3 is 1. The summed E-state index contributed by atoms with van der Waals surface area (Å²) in [5, 5.41) is 3.68. The number of nitrogens with zero attached hydrogens (tertiary/aromatic N) is 1. The Morgan fingerprint density at radius 1 is 1.26 bits per heavy atom. The molecule has 0 radical (unpaired) electrons. The van der Waals surface area contributed by atoms with Crippen LogP contribution in [-0.2, 0) is 4.74 Å². The van der Waals surface area contributed by atoms with E-state index in [0.29, 0.717) is 12.1 Å². The summed E-state index contributed by atoms with van der Waals surface area (Å²) in [6.45, 7) is 2.17. The van der Waals surface area contributed by atoms with Crippen LogP contribution >= 0.6 is 0 Å². The topological polar surface area (TPSA) is 24.5 Å². The summed E-state index contributed by atoms with van der Waals surface area (Å²) in [5.41, 5.74) is 3.82. The minimum atomic E-state index is 0.424. The van der Waals surface area contributed by atoms with Gasteiger partial charge in [0.2, 0.25) is 0 Å². The van der Waals surface area contributed by atoms with Crippen molar-refractivity contribution in [3.05, 3.63) is 23.8 Å². The summed E-state index contributed by atoms with van der Waals surface area (Å²) in [5.74, 6) is 0. The molecule has 1 N–H and O–H groups in total. The molecule has 0 aromatic heterocycles. The minimum absolute atomic E-state index is 0.424. The summed E-state index contributed by atoms with van der Waals surface area (Å²) >= 11 is 0. The summed E-state index contributed by atoms with van der Waals surface area (Å²) < 4.78 is 5.49. The molecule has 0 heterocycles. The fraction of sp³-hybridized carbons (Fsp3) is 0.625. The van der Waals surface area contributed by atoms with E-state index < -0.39 is 0 Å². The lowest BCUT2D eigenvalue weighted by Gasteiger charge is -2.30. The second-order valence-electron chi connectivity index (χ2n) is 5.76. The van der Waals surface area contributed by atoms with Crippen LogP contribution in [-0.4, -0.2) is 33.4 Å². The lowest BCUT2D eigenvalue weighted by molar-refractivity contribution is 0.0669. The van der Waals surface area contributed by atoms with Gasteiger partial charge in [-0.2, -0.15) is 0 Å². The lowest BCUT2D eigenvalue weighted by Crippen LogP contribution is -2.31. The molecular weight excluding hydrogens is 236 g/mol. The molecule has 0 spiro atoms. The molecule has 1 aliphatic carbocycles. The third kappa shape index (κ3) is 3.63. The predicted molar refractivity (Wildman–Crippen MR) is 82.2 cm³/mol. The van der Waals surface area contributed by atoms with Crippen molar-refractivity contribution in [1.82, 2.24) is 0 Å². The molecule has 0 aliphatic heterocycles. The average molecular weight is 262 g/mol. The highest BCUT2D eigenvalue weighted by atomic mass is 16.5. The molecule has 1 fully saturated rings. The Bertz CT molecular complexity index is 417. The molecule has 1 aromatic rings. The zero-order valence-corrected chi connectivity index (χ0v) is 12.6. The number of anilines is 2. The van der Waals surface area contributed by atoms with E-state index in [1.165, 1.54) is 36.2 Å². The van der Waals surface area contributed by atoms with Crippen molar-refractivity contribution >= 4 is 11.4 Å². The normalized spacial score (nSPS) is 23.2. The van der Waals surface area contributed by atoms with Crippen LogP contribution in [0.5, 0.6) is 0 Å². The van der Waals surface area contributed by atoms with Gasteiger partial charge in [0.1, 0.15) is 0 Å². The fourth-order valence-corrected chi connectivity index (χ4v) is 2.80. The van der Waals surface area contributed by atoms with Gasteiger partial charge in [-0.1, -0.05) is 0 Å². The highest BCUT2D eigenvalue weighted by Gasteiger charge is 2.21. The van der Waals surface area contributed by atoms with Gasteiger partial charge in [-0.05, 0) is 56.4 Å². The molecule has 3 nitrogen and oxygen atoms in total. The summed E-state index contributed by atoms with van der Waals surface area (Å²) in [4.78, 5) is 2.14. The van der Waals surface area contributed by atoms with Crippen LogP contribution < -0.4 is 10.2 Å². The van der Waals surface area contributed by atoms with Crippen LogP contribution in [0.25, 0.3) is 0 Å². The van der Waals surface area contributed by atoms with Gasteiger partial charge in [-0.15, -0.1) is 0 Å². The number of rotatable bonds is 4. The van der Waals surface area contributed by atoms with Crippen molar-refractivity contribution < 1.29 is 4.74 Å². The quantitative estimate of drug-likeness (QED) is 0.899. The lowest BCUT2D eigenvalue weighted by atomic mass is 9.92. The largest absolute Gasteiger partial charge is 0.382 e. The number of hydrogen-bond acceptors (Lipinski definition) is 3. The van der Waals surface area contributed by atoms with Gasteiger partial charge >= 0.3 is 0 Å². The summed E-state index contributed by atoms with van der Waals surface area (Å²) in [6, 6.07) is 7.15. The van der Waals surface area contributed by atoms with Crippen LogP contribution in [0.1, 0.15) is 31.2 Å². The van der Waals surface area contributed by atoms with Gasteiger partial charge in [-0.25, -0.2) is 0 Å². The van der Waals surface area contributed by atoms with Gasteiger partial charge in [0.25, 0.3) is 0 Å². The van der Waals surface area contributed by atoms with E-state index in [1.807, 2.05) is 7.11 Å². The first kappa shape index (κ1) is 14.2. The zero-order valence-electron chi connectivity index (χ0n) is 12.6. The SMILES string of the molecule is COC1CCCC(Nc2ccc(N(C)C)cc2C)C1. The number of ether oxygens (including phenoxy) is 1. The first-order chi connectivity index (χ1) is 9.10. The van der Waals surface area contributed by atoms with Crippen molar-refractivity contribution in [3.63, 3.8) is 0 Å².